The summed E-state index contributed by atoms with van der Waals surface area (Å²) in [5.41, 5.74) is 5.88. The summed E-state index contributed by atoms with van der Waals surface area (Å²) in [6, 6.07) is 1.56. The molecule has 1 fully saturated rings. The quantitative estimate of drug-likeness (QED) is 0.886. The van der Waals surface area contributed by atoms with Gasteiger partial charge in [-0.1, -0.05) is 0 Å². The molecule has 0 aliphatic carbocycles. The molecule has 0 amide bonds. The Bertz CT molecular complexity index is 515. The average molecular weight is 309 g/mol. The third kappa shape index (κ3) is 3.28. The Morgan fingerprint density at radius 1 is 1.53 bits per heavy atom. The van der Waals surface area contributed by atoms with E-state index in [0.29, 0.717) is 13.1 Å². The summed E-state index contributed by atoms with van der Waals surface area (Å²) in [6.07, 6.45) is 3.36. The van der Waals surface area contributed by atoms with E-state index in [-0.39, 0.29) is 29.4 Å². The zero-order valence-corrected chi connectivity index (χ0v) is 12.8. The lowest BCUT2D eigenvalue weighted by molar-refractivity contribution is 0.242. The van der Waals surface area contributed by atoms with Crippen molar-refractivity contribution in [2.75, 3.05) is 13.1 Å². The van der Waals surface area contributed by atoms with Gasteiger partial charge < -0.3 is 5.73 Å². The fraction of sp³-hybridized carbons (Fsp3) is 0.727. The zero-order valence-electron chi connectivity index (χ0n) is 11.2. The number of hydrogen-bond donors (Lipinski definition) is 1. The van der Waals surface area contributed by atoms with Gasteiger partial charge in [-0.05, 0) is 31.7 Å². The fourth-order valence-corrected chi connectivity index (χ4v) is 4.00. The first-order chi connectivity index (χ1) is 8.43. The van der Waals surface area contributed by atoms with Gasteiger partial charge in [0.15, 0.2) is 5.03 Å². The molecule has 1 aromatic heterocycles. The zero-order chi connectivity index (χ0) is 13.3. The van der Waals surface area contributed by atoms with Crippen LogP contribution >= 0.6 is 12.4 Å². The highest BCUT2D eigenvalue weighted by Crippen LogP contribution is 2.24. The molecular formula is C11H21ClN4O2S. The summed E-state index contributed by atoms with van der Waals surface area (Å²) in [7, 11) is -1.80. The van der Waals surface area contributed by atoms with Crippen LogP contribution < -0.4 is 5.73 Å². The molecule has 0 radical (unpaired) electrons. The Morgan fingerprint density at radius 2 is 2.21 bits per heavy atom. The van der Waals surface area contributed by atoms with Crippen molar-refractivity contribution < 1.29 is 8.42 Å². The van der Waals surface area contributed by atoms with Gasteiger partial charge in [0.05, 0.1) is 6.20 Å². The molecule has 110 valence electrons. The summed E-state index contributed by atoms with van der Waals surface area (Å²) >= 11 is 0. The van der Waals surface area contributed by atoms with Crippen LogP contribution in [0.15, 0.2) is 17.3 Å². The molecule has 2 N–H and O–H groups in total. The Morgan fingerprint density at radius 3 is 2.74 bits per heavy atom. The number of aromatic nitrogens is 2. The minimum absolute atomic E-state index is 0. The molecule has 0 saturated carbocycles. The van der Waals surface area contributed by atoms with Gasteiger partial charge in [-0.2, -0.15) is 9.40 Å². The van der Waals surface area contributed by atoms with Crippen molar-refractivity contribution in [3.8, 4) is 0 Å². The molecule has 19 heavy (non-hydrogen) atoms. The highest BCUT2D eigenvalue weighted by molar-refractivity contribution is 7.89. The van der Waals surface area contributed by atoms with Crippen LogP contribution in [-0.2, 0) is 17.1 Å². The Hall–Kier alpha value is -0.630. The van der Waals surface area contributed by atoms with Crippen LogP contribution in [0.2, 0.25) is 0 Å². The lowest BCUT2D eigenvalue weighted by Gasteiger charge is -2.33. The van der Waals surface area contributed by atoms with Gasteiger partial charge >= 0.3 is 0 Å². The molecule has 2 rings (SSSR count). The second-order valence-electron chi connectivity index (χ2n) is 4.92. The largest absolute Gasteiger partial charge is 0.328 e. The molecular weight excluding hydrogens is 288 g/mol. The standard InChI is InChI=1S/C11H20N4O2S.ClH/c1-9(12)10-4-3-7-15(8-10)18(16,17)11-5-6-13-14(11)2;/h5-6,9-10H,3-4,7-8,12H2,1-2H3;1H. The normalized spacial score (nSPS) is 22.8. The summed E-state index contributed by atoms with van der Waals surface area (Å²) in [6.45, 7) is 3.01. The maximum absolute atomic E-state index is 12.5. The lowest BCUT2D eigenvalue weighted by Crippen LogP contribution is -2.45. The van der Waals surface area contributed by atoms with E-state index >= 15 is 0 Å². The van der Waals surface area contributed by atoms with E-state index in [9.17, 15) is 8.42 Å². The Kier molecular flexibility index (Phi) is 5.37. The van der Waals surface area contributed by atoms with Gasteiger partial charge in [-0.3, -0.25) is 4.68 Å². The van der Waals surface area contributed by atoms with Gasteiger partial charge in [0.2, 0.25) is 0 Å². The molecule has 1 aliphatic rings. The number of aryl methyl sites for hydroxylation is 1. The number of sulfonamides is 1. The number of rotatable bonds is 3. The molecule has 6 nitrogen and oxygen atoms in total. The van der Waals surface area contributed by atoms with Crippen LogP contribution in [0, 0.1) is 5.92 Å². The van der Waals surface area contributed by atoms with E-state index in [1.165, 1.54) is 21.3 Å². The minimum atomic E-state index is -3.44. The first-order valence-corrected chi connectivity index (χ1v) is 7.60. The van der Waals surface area contributed by atoms with Crippen LogP contribution in [0.5, 0.6) is 0 Å². The highest BCUT2D eigenvalue weighted by Gasteiger charge is 2.32. The third-order valence-electron chi connectivity index (χ3n) is 3.54. The minimum Gasteiger partial charge on any atom is -0.328 e. The van der Waals surface area contributed by atoms with E-state index in [1.54, 1.807) is 7.05 Å². The summed E-state index contributed by atoms with van der Waals surface area (Å²) in [4.78, 5) is 0. The van der Waals surface area contributed by atoms with Crippen molar-refractivity contribution in [2.24, 2.45) is 18.7 Å². The summed E-state index contributed by atoms with van der Waals surface area (Å²) in [5.74, 6) is 0.238. The van der Waals surface area contributed by atoms with Crippen molar-refractivity contribution in [3.63, 3.8) is 0 Å². The molecule has 1 aliphatic heterocycles. The smallest absolute Gasteiger partial charge is 0.260 e. The molecule has 0 aromatic carbocycles. The van der Waals surface area contributed by atoms with Gasteiger partial charge in [-0.25, -0.2) is 8.42 Å². The fourth-order valence-electron chi connectivity index (χ4n) is 2.37. The SMILES string of the molecule is CC(N)C1CCCN(S(=O)(=O)c2ccnn2C)C1.Cl. The van der Waals surface area contributed by atoms with Gasteiger partial charge in [0.1, 0.15) is 0 Å². The number of halogens is 1. The molecule has 1 saturated heterocycles. The van der Waals surface area contributed by atoms with Gasteiger partial charge in [0.25, 0.3) is 10.0 Å². The van der Waals surface area contributed by atoms with Crippen LogP contribution in [0.25, 0.3) is 0 Å². The van der Waals surface area contributed by atoms with E-state index in [2.05, 4.69) is 5.10 Å². The summed E-state index contributed by atoms with van der Waals surface area (Å²) in [5, 5.41) is 4.16. The molecule has 0 spiro atoms. The summed E-state index contributed by atoms with van der Waals surface area (Å²) < 4.78 is 27.8. The predicted molar refractivity (Wildman–Crippen MR) is 75.6 cm³/mol. The molecule has 8 heteroatoms. The van der Waals surface area contributed by atoms with E-state index in [1.807, 2.05) is 6.92 Å². The third-order valence-corrected chi connectivity index (χ3v) is 5.48. The second kappa shape index (κ2) is 6.21. The van der Waals surface area contributed by atoms with Crippen molar-refractivity contribution >= 4 is 22.4 Å². The second-order valence-corrected chi connectivity index (χ2v) is 6.80. The first-order valence-electron chi connectivity index (χ1n) is 6.16. The number of piperidine rings is 1. The van der Waals surface area contributed by atoms with Crippen molar-refractivity contribution in [3.05, 3.63) is 12.3 Å². The van der Waals surface area contributed by atoms with Gasteiger partial charge in [0, 0.05) is 26.2 Å². The topological polar surface area (TPSA) is 81.2 Å². The molecule has 1 aromatic rings. The monoisotopic (exact) mass is 308 g/mol. The van der Waals surface area contributed by atoms with Crippen LogP contribution in [0.3, 0.4) is 0 Å². The van der Waals surface area contributed by atoms with Gasteiger partial charge in [-0.15, -0.1) is 12.4 Å². The highest BCUT2D eigenvalue weighted by atomic mass is 35.5. The van der Waals surface area contributed by atoms with E-state index < -0.39 is 10.0 Å². The lowest BCUT2D eigenvalue weighted by atomic mass is 9.93. The molecule has 0 bridgehead atoms. The van der Waals surface area contributed by atoms with Crippen LogP contribution in [0.4, 0.5) is 0 Å². The van der Waals surface area contributed by atoms with E-state index in [0.717, 1.165) is 12.8 Å². The maximum atomic E-state index is 12.5. The van der Waals surface area contributed by atoms with Crippen LogP contribution in [0.1, 0.15) is 19.8 Å². The molecule has 2 unspecified atom stereocenters. The van der Waals surface area contributed by atoms with Crippen molar-refractivity contribution in [1.82, 2.24) is 14.1 Å². The Balaban J connectivity index is 0.00000180. The average Bonchev–Trinajstić information content (AvgIpc) is 2.76. The maximum Gasteiger partial charge on any atom is 0.260 e. The number of nitrogens with zero attached hydrogens (tertiary/aromatic N) is 3. The first kappa shape index (κ1) is 16.4. The van der Waals surface area contributed by atoms with Crippen molar-refractivity contribution in [1.29, 1.82) is 0 Å². The van der Waals surface area contributed by atoms with E-state index in [4.69, 9.17) is 5.73 Å². The molecule has 2 atom stereocenters. The molecule has 2 heterocycles. The predicted octanol–water partition coefficient (Wildman–Crippen LogP) is 0.590. The van der Waals surface area contributed by atoms with Crippen molar-refractivity contribution in [2.45, 2.75) is 30.8 Å². The number of hydrogen-bond acceptors (Lipinski definition) is 4. The number of nitrogens with two attached hydrogens (primary N) is 1. The Labute approximate surface area is 120 Å². The van der Waals surface area contributed by atoms with Crippen LogP contribution in [-0.4, -0.2) is 41.6 Å².